The molecule has 0 fully saturated rings. The summed E-state index contributed by atoms with van der Waals surface area (Å²) in [5.74, 6) is -1.37. The summed E-state index contributed by atoms with van der Waals surface area (Å²) in [5, 5.41) is 2.69. The largest absolute Gasteiger partial charge is 0.501 e. The van der Waals surface area contributed by atoms with Crippen LogP contribution in [0.5, 0.6) is 0 Å². The van der Waals surface area contributed by atoms with Gasteiger partial charge in [-0.3, -0.25) is 9.78 Å². The van der Waals surface area contributed by atoms with Gasteiger partial charge >= 0.3 is 5.51 Å². The summed E-state index contributed by atoms with van der Waals surface area (Å²) in [6, 6.07) is 16.0. The van der Waals surface area contributed by atoms with E-state index in [4.69, 9.17) is 0 Å². The summed E-state index contributed by atoms with van der Waals surface area (Å²) in [7, 11) is -5.61. The van der Waals surface area contributed by atoms with Crippen LogP contribution in [0, 0.1) is 6.07 Å². The van der Waals surface area contributed by atoms with E-state index < -0.39 is 32.1 Å². The van der Waals surface area contributed by atoms with Crippen LogP contribution in [0.25, 0.3) is 0 Å². The number of nitrogens with zero attached hydrogens (tertiary/aromatic N) is 1. The van der Waals surface area contributed by atoms with Gasteiger partial charge in [0, 0.05) is 30.1 Å². The Kier molecular flexibility index (Phi) is 5.93. The molecule has 1 aromatic heterocycles. The number of amides is 1. The molecule has 30 heavy (non-hydrogen) atoms. The van der Waals surface area contributed by atoms with Crippen LogP contribution < -0.4 is 5.32 Å². The predicted molar refractivity (Wildman–Crippen MR) is 105 cm³/mol. The predicted octanol–water partition coefficient (Wildman–Crippen LogP) is 4.58. The number of carbonyl (C=O) groups is 1. The van der Waals surface area contributed by atoms with Gasteiger partial charge in [0.1, 0.15) is 0 Å². The fraction of sp³-hybridized carbons (Fsp3) is 0.143. The number of benzene rings is 2. The van der Waals surface area contributed by atoms with Crippen molar-refractivity contribution in [3.63, 3.8) is 0 Å². The first-order valence-electron chi connectivity index (χ1n) is 8.75. The van der Waals surface area contributed by atoms with E-state index in [1.165, 1.54) is 37.5 Å². The van der Waals surface area contributed by atoms with Gasteiger partial charge in [-0.25, -0.2) is 8.42 Å². The number of anilines is 1. The van der Waals surface area contributed by atoms with Gasteiger partial charge in [0.25, 0.3) is 15.7 Å². The van der Waals surface area contributed by atoms with Gasteiger partial charge in [-0.05, 0) is 29.3 Å². The molecular weight excluding hydrogens is 417 g/mol. The lowest BCUT2D eigenvalue weighted by molar-refractivity contribution is -0.0436. The number of rotatable bonds is 5. The van der Waals surface area contributed by atoms with Gasteiger partial charge in [0.05, 0.1) is 10.5 Å². The zero-order chi connectivity index (χ0) is 21.9. The van der Waals surface area contributed by atoms with Gasteiger partial charge in [-0.1, -0.05) is 43.3 Å². The molecule has 1 unspecified atom stereocenters. The topological polar surface area (TPSA) is 76.1 Å². The molecule has 0 aliphatic rings. The summed E-state index contributed by atoms with van der Waals surface area (Å²) in [6.45, 7) is 1.52. The Morgan fingerprint density at radius 1 is 1.07 bits per heavy atom. The van der Waals surface area contributed by atoms with E-state index >= 15 is 0 Å². The number of hydrogen-bond acceptors (Lipinski definition) is 4. The lowest BCUT2D eigenvalue weighted by Crippen LogP contribution is -2.25. The Balaban J connectivity index is 2.04. The minimum atomic E-state index is -5.61. The Labute approximate surface area is 171 Å². The third-order valence-electron chi connectivity index (χ3n) is 4.49. The van der Waals surface area contributed by atoms with E-state index in [-0.39, 0.29) is 11.1 Å². The molecule has 2 aromatic carbocycles. The Bertz CT molecular complexity index is 1160. The zero-order valence-corrected chi connectivity index (χ0v) is 16.5. The summed E-state index contributed by atoms with van der Waals surface area (Å²) in [5.41, 5.74) is -4.61. The van der Waals surface area contributed by atoms with E-state index in [0.29, 0.717) is 11.3 Å². The molecule has 0 spiro atoms. The number of aromatic nitrogens is 1. The monoisotopic (exact) mass is 433 g/mol. The molecule has 0 saturated heterocycles. The van der Waals surface area contributed by atoms with Crippen molar-refractivity contribution in [3.8, 4) is 0 Å². The molecule has 1 amide bonds. The number of para-hydroxylation sites is 1. The normalized spacial score (nSPS) is 12.9. The van der Waals surface area contributed by atoms with Crippen molar-refractivity contribution >= 4 is 21.4 Å². The first-order chi connectivity index (χ1) is 14.1. The maximum Gasteiger partial charge on any atom is 0.501 e. The van der Waals surface area contributed by atoms with Crippen LogP contribution in [0.15, 0.2) is 71.9 Å². The Hall–Kier alpha value is -3.20. The fourth-order valence-corrected chi connectivity index (χ4v) is 3.99. The average molecular weight is 433 g/mol. The van der Waals surface area contributed by atoms with E-state index in [0.717, 1.165) is 6.07 Å². The van der Waals surface area contributed by atoms with E-state index in [9.17, 15) is 26.4 Å². The van der Waals surface area contributed by atoms with E-state index in [1.54, 1.807) is 30.3 Å². The minimum absolute atomic E-state index is 0.116. The molecule has 0 bridgehead atoms. The second-order valence-electron chi connectivity index (χ2n) is 6.41. The maximum absolute atomic E-state index is 13.1. The number of nitrogens with one attached hydrogen (secondary N) is 1. The molecule has 5 nitrogen and oxygen atoms in total. The number of hydrogen-bond donors (Lipinski definition) is 1. The minimum Gasteiger partial charge on any atom is -0.322 e. The van der Waals surface area contributed by atoms with E-state index in [1.807, 2.05) is 0 Å². The van der Waals surface area contributed by atoms with Crippen molar-refractivity contribution in [1.29, 1.82) is 0 Å². The molecule has 155 valence electrons. The van der Waals surface area contributed by atoms with Crippen LogP contribution >= 0.6 is 0 Å². The molecule has 1 atom stereocenters. The molecule has 3 aromatic rings. The molecule has 1 heterocycles. The Morgan fingerprint density at radius 3 is 2.43 bits per heavy atom. The van der Waals surface area contributed by atoms with Gasteiger partial charge < -0.3 is 5.32 Å². The van der Waals surface area contributed by atoms with Crippen LogP contribution in [0.3, 0.4) is 0 Å². The van der Waals surface area contributed by atoms with Crippen molar-refractivity contribution in [2.24, 2.45) is 0 Å². The number of carbonyl (C=O) groups excluding carboxylic acids is 1. The zero-order valence-electron chi connectivity index (χ0n) is 15.6. The number of sulfone groups is 1. The number of halogens is 3. The van der Waals surface area contributed by atoms with Crippen molar-refractivity contribution in [2.45, 2.75) is 23.2 Å². The average Bonchev–Trinajstić information content (AvgIpc) is 2.73. The molecule has 0 aliphatic carbocycles. The molecule has 0 saturated carbocycles. The van der Waals surface area contributed by atoms with Crippen LogP contribution in [-0.4, -0.2) is 24.8 Å². The second-order valence-corrected chi connectivity index (χ2v) is 8.29. The fourth-order valence-electron chi connectivity index (χ4n) is 2.98. The van der Waals surface area contributed by atoms with Gasteiger partial charge in [0.2, 0.25) is 0 Å². The van der Waals surface area contributed by atoms with Crippen molar-refractivity contribution in [1.82, 2.24) is 4.98 Å². The van der Waals surface area contributed by atoms with E-state index in [2.05, 4.69) is 16.4 Å². The van der Waals surface area contributed by atoms with Crippen molar-refractivity contribution in [3.05, 3.63) is 89.7 Å². The molecule has 1 radical (unpaired) electrons. The van der Waals surface area contributed by atoms with Crippen molar-refractivity contribution < 1.29 is 26.4 Å². The Morgan fingerprint density at radius 2 is 1.77 bits per heavy atom. The van der Waals surface area contributed by atoms with Gasteiger partial charge in [-0.2, -0.15) is 13.2 Å². The summed E-state index contributed by atoms with van der Waals surface area (Å²) in [4.78, 5) is 15.7. The first-order valence-corrected chi connectivity index (χ1v) is 10.2. The molecule has 9 heteroatoms. The first kappa shape index (κ1) is 21.5. The summed E-state index contributed by atoms with van der Waals surface area (Å²) in [6.07, 6.45) is 2.67. The highest BCUT2D eigenvalue weighted by Crippen LogP contribution is 2.37. The highest BCUT2D eigenvalue weighted by Gasteiger charge is 2.48. The smallest absolute Gasteiger partial charge is 0.322 e. The SMILES string of the molecule is CC(c1ccc[c]c1S(=O)(=O)C(F)(F)F)c1ccncc1C(=O)Nc1ccccc1. The summed E-state index contributed by atoms with van der Waals surface area (Å²) >= 11 is 0. The molecule has 1 N–H and O–H groups in total. The molecule has 3 rings (SSSR count). The quantitative estimate of drug-likeness (QED) is 0.639. The van der Waals surface area contributed by atoms with Gasteiger partial charge in [-0.15, -0.1) is 0 Å². The third-order valence-corrected chi connectivity index (χ3v) is 5.99. The highest BCUT2D eigenvalue weighted by molar-refractivity contribution is 7.92. The van der Waals surface area contributed by atoms with Crippen LogP contribution in [0.4, 0.5) is 18.9 Å². The molecule has 0 aliphatic heterocycles. The second kappa shape index (κ2) is 8.27. The van der Waals surface area contributed by atoms with Crippen LogP contribution in [0.1, 0.15) is 34.3 Å². The van der Waals surface area contributed by atoms with Crippen LogP contribution in [0.2, 0.25) is 0 Å². The maximum atomic E-state index is 13.1. The highest BCUT2D eigenvalue weighted by atomic mass is 32.2. The lowest BCUT2D eigenvalue weighted by atomic mass is 9.90. The summed E-state index contributed by atoms with van der Waals surface area (Å²) < 4.78 is 63.4. The standard InChI is InChI=1S/C21H16F3N2O3S/c1-14(17-9-5-6-10-19(17)30(28,29)21(22,23)24)16-11-12-25-13-18(16)20(27)26-15-7-3-2-4-8-15/h2-9,11-14H,1H3,(H,26,27). The van der Waals surface area contributed by atoms with Crippen LogP contribution in [-0.2, 0) is 9.84 Å². The number of pyridine rings is 1. The molecular formula is C21H16F3N2O3S. The van der Waals surface area contributed by atoms with Crippen molar-refractivity contribution in [2.75, 3.05) is 5.32 Å². The van der Waals surface area contributed by atoms with Gasteiger partial charge in [0.15, 0.2) is 0 Å². The number of alkyl halides is 3. The third kappa shape index (κ3) is 4.20. The lowest BCUT2D eigenvalue weighted by Gasteiger charge is -2.20.